The van der Waals surface area contributed by atoms with Gasteiger partial charge in [-0.3, -0.25) is 0 Å². The molecule has 5 nitrogen and oxygen atoms in total. The summed E-state index contributed by atoms with van der Waals surface area (Å²) in [6, 6.07) is 2.16. The molecule has 0 N–H and O–H groups in total. The Hall–Kier alpha value is -0.560. The molecule has 1 unspecified atom stereocenters. The number of hydrogen-bond donors (Lipinski definition) is 0. The SMILES string of the molecule is COCC1CCN(S(=O)(=O)c2cc(CCl)n(C3CC3)c2)C1. The van der Waals surface area contributed by atoms with Gasteiger partial charge in [0, 0.05) is 38.1 Å². The summed E-state index contributed by atoms with van der Waals surface area (Å²) in [7, 11) is -1.76. The summed E-state index contributed by atoms with van der Waals surface area (Å²) in [5, 5.41) is 0. The summed E-state index contributed by atoms with van der Waals surface area (Å²) < 4.78 is 34.2. The molecule has 2 aliphatic rings. The number of aromatic nitrogens is 1. The lowest BCUT2D eigenvalue weighted by Gasteiger charge is -2.15. The van der Waals surface area contributed by atoms with E-state index in [2.05, 4.69) is 0 Å². The van der Waals surface area contributed by atoms with E-state index in [9.17, 15) is 8.42 Å². The zero-order valence-electron chi connectivity index (χ0n) is 12.2. The van der Waals surface area contributed by atoms with Crippen LogP contribution in [-0.2, 0) is 20.6 Å². The highest BCUT2D eigenvalue weighted by molar-refractivity contribution is 7.89. The van der Waals surface area contributed by atoms with Crippen LogP contribution in [0.1, 0.15) is 31.0 Å². The topological polar surface area (TPSA) is 51.5 Å². The molecule has 0 bridgehead atoms. The Kier molecular flexibility index (Phi) is 4.32. The highest BCUT2D eigenvalue weighted by Crippen LogP contribution is 2.38. The number of sulfonamides is 1. The van der Waals surface area contributed by atoms with Gasteiger partial charge in [0.05, 0.1) is 12.5 Å². The molecule has 1 saturated carbocycles. The quantitative estimate of drug-likeness (QED) is 0.751. The van der Waals surface area contributed by atoms with Crippen LogP contribution in [0.15, 0.2) is 17.2 Å². The zero-order chi connectivity index (χ0) is 15.0. The molecule has 21 heavy (non-hydrogen) atoms. The van der Waals surface area contributed by atoms with Crippen LogP contribution in [0, 0.1) is 5.92 Å². The molecule has 1 atom stereocenters. The summed E-state index contributed by atoms with van der Waals surface area (Å²) in [5.74, 6) is 0.640. The van der Waals surface area contributed by atoms with Crippen molar-refractivity contribution in [1.82, 2.24) is 8.87 Å². The van der Waals surface area contributed by atoms with Gasteiger partial charge in [0.25, 0.3) is 0 Å². The summed E-state index contributed by atoms with van der Waals surface area (Å²) in [6.45, 7) is 1.73. The molecular weight excluding hydrogens is 312 g/mol. The predicted molar refractivity (Wildman–Crippen MR) is 81.0 cm³/mol. The third kappa shape index (κ3) is 2.99. The van der Waals surface area contributed by atoms with Crippen molar-refractivity contribution < 1.29 is 13.2 Å². The Labute approximate surface area is 130 Å². The Morgan fingerprint density at radius 1 is 1.38 bits per heavy atom. The van der Waals surface area contributed by atoms with Gasteiger partial charge in [0.1, 0.15) is 4.90 Å². The minimum Gasteiger partial charge on any atom is -0.384 e. The van der Waals surface area contributed by atoms with Crippen molar-refractivity contribution in [2.75, 3.05) is 26.8 Å². The van der Waals surface area contributed by atoms with E-state index >= 15 is 0 Å². The van der Waals surface area contributed by atoms with E-state index in [1.807, 2.05) is 4.57 Å². The van der Waals surface area contributed by atoms with Gasteiger partial charge < -0.3 is 9.30 Å². The van der Waals surface area contributed by atoms with Gasteiger partial charge in [-0.25, -0.2) is 8.42 Å². The van der Waals surface area contributed by atoms with Crippen LogP contribution >= 0.6 is 11.6 Å². The number of nitrogens with zero attached hydrogens (tertiary/aromatic N) is 2. The van der Waals surface area contributed by atoms with E-state index in [-0.39, 0.29) is 0 Å². The van der Waals surface area contributed by atoms with Gasteiger partial charge in [-0.15, -0.1) is 11.6 Å². The highest BCUT2D eigenvalue weighted by atomic mass is 35.5. The molecule has 2 heterocycles. The summed E-state index contributed by atoms with van der Waals surface area (Å²) in [6.07, 6.45) is 4.84. The first-order chi connectivity index (χ1) is 10.1. The van der Waals surface area contributed by atoms with E-state index < -0.39 is 10.0 Å². The maximum absolute atomic E-state index is 12.7. The Bertz CT molecular complexity index is 610. The lowest BCUT2D eigenvalue weighted by molar-refractivity contribution is 0.157. The predicted octanol–water partition coefficient (Wildman–Crippen LogP) is 2.22. The summed E-state index contributed by atoms with van der Waals surface area (Å²) in [4.78, 5) is 0.378. The van der Waals surface area contributed by atoms with Crippen molar-refractivity contribution in [3.05, 3.63) is 18.0 Å². The van der Waals surface area contributed by atoms with Crippen LogP contribution in [0.5, 0.6) is 0 Å². The second kappa shape index (κ2) is 5.91. The number of ether oxygens (including phenoxy) is 1. The number of methoxy groups -OCH3 is 1. The number of halogens is 1. The Morgan fingerprint density at radius 2 is 2.14 bits per heavy atom. The van der Waals surface area contributed by atoms with Crippen molar-refractivity contribution in [2.45, 2.75) is 36.1 Å². The van der Waals surface area contributed by atoms with E-state index in [4.69, 9.17) is 16.3 Å². The van der Waals surface area contributed by atoms with Gasteiger partial charge in [-0.2, -0.15) is 4.31 Å². The normalized spacial score (nSPS) is 23.8. The Morgan fingerprint density at radius 3 is 2.76 bits per heavy atom. The van der Waals surface area contributed by atoms with Crippen molar-refractivity contribution in [3.8, 4) is 0 Å². The first-order valence-corrected chi connectivity index (χ1v) is 9.29. The minimum absolute atomic E-state index is 0.294. The first-order valence-electron chi connectivity index (χ1n) is 7.32. The second-order valence-electron chi connectivity index (χ2n) is 5.91. The largest absolute Gasteiger partial charge is 0.384 e. The maximum atomic E-state index is 12.7. The third-order valence-electron chi connectivity index (χ3n) is 4.27. The van der Waals surface area contributed by atoms with Crippen LogP contribution in [-0.4, -0.2) is 44.1 Å². The fraction of sp³-hybridized carbons (Fsp3) is 0.714. The van der Waals surface area contributed by atoms with Crippen molar-refractivity contribution >= 4 is 21.6 Å². The monoisotopic (exact) mass is 332 g/mol. The molecule has 1 aromatic heterocycles. The highest BCUT2D eigenvalue weighted by Gasteiger charge is 2.34. The van der Waals surface area contributed by atoms with E-state index in [1.54, 1.807) is 23.7 Å². The average Bonchev–Trinajstić information content (AvgIpc) is 3.02. The van der Waals surface area contributed by atoms with Crippen LogP contribution in [0.4, 0.5) is 0 Å². The van der Waals surface area contributed by atoms with E-state index in [0.717, 1.165) is 25.0 Å². The minimum atomic E-state index is -3.41. The molecule has 0 radical (unpaired) electrons. The molecule has 1 aromatic rings. The molecule has 0 aromatic carbocycles. The lowest BCUT2D eigenvalue weighted by Crippen LogP contribution is -2.29. The molecule has 3 rings (SSSR count). The van der Waals surface area contributed by atoms with Gasteiger partial charge in [0.15, 0.2) is 0 Å². The number of hydrogen-bond acceptors (Lipinski definition) is 3. The molecular formula is C14H21ClN2O3S. The van der Waals surface area contributed by atoms with Crippen LogP contribution in [0.3, 0.4) is 0 Å². The molecule has 1 saturated heterocycles. The van der Waals surface area contributed by atoms with Crippen LogP contribution in [0.25, 0.3) is 0 Å². The second-order valence-corrected chi connectivity index (χ2v) is 8.12. The molecule has 1 aliphatic carbocycles. The standard InChI is InChI=1S/C14H21ClN2O3S/c1-20-10-11-4-5-16(8-11)21(18,19)14-6-13(7-15)17(9-14)12-2-3-12/h6,9,11-12H,2-5,7-8,10H2,1H3. The van der Waals surface area contributed by atoms with Gasteiger partial charge in [-0.05, 0) is 31.2 Å². The van der Waals surface area contributed by atoms with E-state index in [1.165, 1.54) is 0 Å². The molecule has 2 fully saturated rings. The molecule has 0 amide bonds. The molecule has 7 heteroatoms. The van der Waals surface area contributed by atoms with Gasteiger partial charge >= 0.3 is 0 Å². The van der Waals surface area contributed by atoms with Crippen molar-refractivity contribution in [1.29, 1.82) is 0 Å². The number of rotatable bonds is 6. The zero-order valence-corrected chi connectivity index (χ0v) is 13.7. The van der Waals surface area contributed by atoms with Gasteiger partial charge in [-0.1, -0.05) is 0 Å². The third-order valence-corrected chi connectivity index (χ3v) is 6.38. The van der Waals surface area contributed by atoms with Crippen LogP contribution < -0.4 is 0 Å². The maximum Gasteiger partial charge on any atom is 0.244 e. The summed E-state index contributed by atoms with van der Waals surface area (Å²) in [5.41, 5.74) is 0.894. The molecule has 118 valence electrons. The molecule has 1 aliphatic heterocycles. The lowest BCUT2D eigenvalue weighted by atomic mass is 10.1. The molecule has 0 spiro atoms. The van der Waals surface area contributed by atoms with Gasteiger partial charge in [0.2, 0.25) is 10.0 Å². The first kappa shape index (κ1) is 15.3. The fourth-order valence-corrected chi connectivity index (χ4v) is 4.77. The summed E-state index contributed by atoms with van der Waals surface area (Å²) >= 11 is 5.95. The number of alkyl halides is 1. The van der Waals surface area contributed by atoms with Crippen molar-refractivity contribution in [2.24, 2.45) is 5.92 Å². The fourth-order valence-electron chi connectivity index (χ4n) is 2.97. The average molecular weight is 333 g/mol. The Balaban J connectivity index is 1.82. The van der Waals surface area contributed by atoms with Crippen LogP contribution in [0.2, 0.25) is 0 Å². The van der Waals surface area contributed by atoms with E-state index in [0.29, 0.717) is 42.4 Å². The van der Waals surface area contributed by atoms with Crippen molar-refractivity contribution in [3.63, 3.8) is 0 Å². The smallest absolute Gasteiger partial charge is 0.244 e.